The first-order chi connectivity index (χ1) is 10.5. The molecule has 0 fully saturated rings. The van der Waals surface area contributed by atoms with Gasteiger partial charge in [0.1, 0.15) is 0 Å². The van der Waals surface area contributed by atoms with Gasteiger partial charge in [-0.25, -0.2) is 4.98 Å². The Morgan fingerprint density at radius 3 is 2.82 bits per heavy atom. The molecule has 0 unspecified atom stereocenters. The van der Waals surface area contributed by atoms with Gasteiger partial charge in [-0.15, -0.1) is 0 Å². The lowest BCUT2D eigenvalue weighted by atomic mass is 10.1. The fourth-order valence-electron chi connectivity index (χ4n) is 2.53. The van der Waals surface area contributed by atoms with Crippen molar-refractivity contribution in [3.8, 4) is 0 Å². The fraction of sp³-hybridized carbons (Fsp3) is 0.333. The van der Waals surface area contributed by atoms with Crippen LogP contribution in [0, 0.1) is 20.8 Å². The zero-order valence-electron chi connectivity index (χ0n) is 13.1. The third-order valence-corrected chi connectivity index (χ3v) is 3.88. The lowest BCUT2D eigenvalue weighted by Crippen LogP contribution is -2.15. The van der Waals surface area contributed by atoms with Crippen molar-refractivity contribution in [2.75, 3.05) is 5.32 Å². The summed E-state index contributed by atoms with van der Waals surface area (Å²) in [5, 5.41) is 15.1. The number of carbonyl (C=O) groups is 1. The first kappa shape index (κ1) is 14.2. The van der Waals surface area contributed by atoms with Gasteiger partial charge in [-0.2, -0.15) is 10.2 Å². The van der Waals surface area contributed by atoms with Crippen molar-refractivity contribution in [1.82, 2.24) is 25.0 Å². The number of nitrogens with one attached hydrogen (secondary N) is 2. The molecule has 0 atom stereocenters. The van der Waals surface area contributed by atoms with Gasteiger partial charge >= 0.3 is 0 Å². The lowest BCUT2D eigenvalue weighted by Gasteiger charge is -2.05. The number of H-pyrrole nitrogens is 1. The van der Waals surface area contributed by atoms with Crippen molar-refractivity contribution in [3.63, 3.8) is 0 Å². The number of nitrogens with zero attached hydrogens (tertiary/aromatic N) is 4. The molecule has 0 saturated carbocycles. The minimum Gasteiger partial charge on any atom is -0.324 e. The summed E-state index contributed by atoms with van der Waals surface area (Å²) >= 11 is 0. The molecule has 114 valence electrons. The Bertz CT molecular complexity index is 860. The molecule has 0 aliphatic carbocycles. The highest BCUT2D eigenvalue weighted by molar-refractivity contribution is 5.94. The van der Waals surface area contributed by atoms with E-state index in [-0.39, 0.29) is 5.91 Å². The molecular weight excluding hydrogens is 280 g/mol. The normalized spacial score (nSPS) is 11.1. The number of aromatic amines is 1. The molecule has 0 aliphatic heterocycles. The van der Waals surface area contributed by atoms with E-state index in [0.717, 1.165) is 28.0 Å². The number of amides is 1. The molecule has 22 heavy (non-hydrogen) atoms. The van der Waals surface area contributed by atoms with Gasteiger partial charge in [0.25, 0.3) is 0 Å². The molecule has 0 aliphatic rings. The maximum atomic E-state index is 12.3. The predicted molar refractivity (Wildman–Crippen MR) is 83.6 cm³/mol. The molecule has 0 bridgehead atoms. The Morgan fingerprint density at radius 1 is 1.36 bits per heavy atom. The van der Waals surface area contributed by atoms with Crippen LogP contribution in [0.3, 0.4) is 0 Å². The Hall–Kier alpha value is -2.70. The maximum absolute atomic E-state index is 12.3. The third kappa shape index (κ3) is 2.45. The van der Waals surface area contributed by atoms with E-state index in [4.69, 9.17) is 0 Å². The number of aryl methyl sites for hydroxylation is 3. The topological polar surface area (TPSA) is 88.5 Å². The molecule has 3 rings (SSSR count). The highest BCUT2D eigenvalue weighted by atomic mass is 16.1. The quantitative estimate of drug-likeness (QED) is 0.771. The van der Waals surface area contributed by atoms with Crippen molar-refractivity contribution in [3.05, 3.63) is 34.9 Å². The van der Waals surface area contributed by atoms with E-state index in [0.29, 0.717) is 17.8 Å². The number of rotatable bonds is 3. The number of hydrogen-bond acceptors (Lipinski definition) is 4. The van der Waals surface area contributed by atoms with Crippen molar-refractivity contribution in [2.45, 2.75) is 27.2 Å². The van der Waals surface area contributed by atoms with E-state index in [1.807, 2.05) is 33.9 Å². The maximum Gasteiger partial charge on any atom is 0.228 e. The first-order valence-corrected chi connectivity index (χ1v) is 7.05. The number of fused-ring (bicyclic) bond motifs is 1. The van der Waals surface area contributed by atoms with Gasteiger partial charge in [-0.05, 0) is 26.8 Å². The monoisotopic (exact) mass is 298 g/mol. The van der Waals surface area contributed by atoms with Gasteiger partial charge in [-0.1, -0.05) is 0 Å². The molecule has 7 heteroatoms. The van der Waals surface area contributed by atoms with Crippen molar-refractivity contribution in [2.24, 2.45) is 7.05 Å². The summed E-state index contributed by atoms with van der Waals surface area (Å²) in [6, 6.07) is 1.88. The van der Waals surface area contributed by atoms with Crippen LogP contribution in [0.4, 0.5) is 5.69 Å². The second-order valence-electron chi connectivity index (χ2n) is 5.44. The summed E-state index contributed by atoms with van der Waals surface area (Å²) in [6.07, 6.45) is 1.91. The first-order valence-electron chi connectivity index (χ1n) is 7.05. The summed E-state index contributed by atoms with van der Waals surface area (Å²) in [6.45, 7) is 5.80. The van der Waals surface area contributed by atoms with E-state index in [2.05, 4.69) is 25.6 Å². The van der Waals surface area contributed by atoms with Crippen LogP contribution in [0.2, 0.25) is 0 Å². The van der Waals surface area contributed by atoms with Crippen LogP contribution in [0.1, 0.15) is 22.6 Å². The van der Waals surface area contributed by atoms with Crippen LogP contribution < -0.4 is 5.32 Å². The van der Waals surface area contributed by atoms with Gasteiger partial charge in [0, 0.05) is 29.4 Å². The van der Waals surface area contributed by atoms with E-state index in [9.17, 15) is 4.79 Å². The molecule has 0 radical (unpaired) electrons. The van der Waals surface area contributed by atoms with Gasteiger partial charge in [0.15, 0.2) is 5.65 Å². The van der Waals surface area contributed by atoms with Gasteiger partial charge in [-0.3, -0.25) is 14.6 Å². The van der Waals surface area contributed by atoms with Crippen molar-refractivity contribution >= 4 is 22.6 Å². The lowest BCUT2D eigenvalue weighted by molar-refractivity contribution is -0.115. The average Bonchev–Trinajstić information content (AvgIpc) is 2.95. The summed E-state index contributed by atoms with van der Waals surface area (Å²) < 4.78 is 1.79. The fourth-order valence-corrected chi connectivity index (χ4v) is 2.53. The van der Waals surface area contributed by atoms with E-state index in [1.54, 1.807) is 10.9 Å². The van der Waals surface area contributed by atoms with Crippen LogP contribution in [0.15, 0.2) is 12.3 Å². The van der Waals surface area contributed by atoms with Crippen molar-refractivity contribution in [1.29, 1.82) is 0 Å². The third-order valence-electron chi connectivity index (χ3n) is 3.88. The zero-order valence-corrected chi connectivity index (χ0v) is 13.1. The van der Waals surface area contributed by atoms with Gasteiger partial charge in [0.05, 0.1) is 24.0 Å². The van der Waals surface area contributed by atoms with Gasteiger partial charge < -0.3 is 5.32 Å². The minimum atomic E-state index is -0.0819. The van der Waals surface area contributed by atoms with E-state index < -0.39 is 0 Å². The highest BCUT2D eigenvalue weighted by Gasteiger charge is 2.14. The van der Waals surface area contributed by atoms with Crippen LogP contribution in [-0.4, -0.2) is 30.9 Å². The summed E-state index contributed by atoms with van der Waals surface area (Å²) in [4.78, 5) is 16.5. The molecule has 1 amide bonds. The predicted octanol–water partition coefficient (Wildman–Crippen LogP) is 1.80. The van der Waals surface area contributed by atoms with Crippen LogP contribution >= 0.6 is 0 Å². The second kappa shape index (κ2) is 5.25. The minimum absolute atomic E-state index is 0.0819. The Labute approximate surface area is 127 Å². The summed E-state index contributed by atoms with van der Waals surface area (Å²) in [5.74, 6) is -0.0819. The molecule has 2 N–H and O–H groups in total. The molecule has 0 spiro atoms. The SMILES string of the molecule is Cc1nn(C)c(C)c1CC(=O)Nc1cnc2n[nH]c(C)c2c1. The number of pyridine rings is 1. The molecule has 3 heterocycles. The molecule has 0 aromatic carbocycles. The van der Waals surface area contributed by atoms with E-state index in [1.165, 1.54) is 0 Å². The molecule has 0 saturated heterocycles. The number of aromatic nitrogens is 5. The zero-order chi connectivity index (χ0) is 15.9. The molecule has 3 aromatic heterocycles. The van der Waals surface area contributed by atoms with Crippen LogP contribution in [-0.2, 0) is 18.3 Å². The Balaban J connectivity index is 1.79. The smallest absolute Gasteiger partial charge is 0.228 e. The number of carbonyl (C=O) groups excluding carboxylic acids is 1. The standard InChI is InChI=1S/C15H18N6O/c1-8-13-5-11(7-16-15(13)19-18-8)17-14(22)6-12-9(2)20-21(4)10(12)3/h5,7H,6H2,1-4H3,(H,17,22)(H,16,18,19). The number of hydrogen-bond donors (Lipinski definition) is 2. The largest absolute Gasteiger partial charge is 0.324 e. The molecule has 7 nitrogen and oxygen atoms in total. The van der Waals surface area contributed by atoms with E-state index >= 15 is 0 Å². The summed E-state index contributed by atoms with van der Waals surface area (Å²) in [5.41, 5.74) is 5.10. The van der Waals surface area contributed by atoms with Crippen LogP contribution in [0.25, 0.3) is 11.0 Å². The summed E-state index contributed by atoms with van der Waals surface area (Å²) in [7, 11) is 1.88. The van der Waals surface area contributed by atoms with Gasteiger partial charge in [0.2, 0.25) is 5.91 Å². The highest BCUT2D eigenvalue weighted by Crippen LogP contribution is 2.18. The second-order valence-corrected chi connectivity index (χ2v) is 5.44. The van der Waals surface area contributed by atoms with Crippen LogP contribution in [0.5, 0.6) is 0 Å². The average molecular weight is 298 g/mol. The molecule has 3 aromatic rings. The number of anilines is 1. The molecular formula is C15H18N6O. The van der Waals surface area contributed by atoms with Crippen molar-refractivity contribution < 1.29 is 4.79 Å². The Morgan fingerprint density at radius 2 is 2.14 bits per heavy atom. The Kier molecular flexibility index (Phi) is 3.40.